The Bertz CT molecular complexity index is 1330. The summed E-state index contributed by atoms with van der Waals surface area (Å²) >= 11 is 1.34. The van der Waals surface area contributed by atoms with Crippen molar-refractivity contribution in [2.24, 2.45) is 0 Å². The van der Waals surface area contributed by atoms with Gasteiger partial charge in [-0.25, -0.2) is 4.98 Å². The number of thioether (sulfide) groups is 1. The number of hydrogen-bond donors (Lipinski definition) is 2. The van der Waals surface area contributed by atoms with E-state index < -0.39 is 10.8 Å². The molecule has 2 aromatic carbocycles. The number of nitro benzene ring substituents is 1. The average molecular weight is 461 g/mol. The SMILES string of the molecule is O=C1CCCC2=C1C(c1ccccc1)c1c(nc(SCc3ccc([N+](=O)[O-])cc3)[nH]c1=O)N2. The van der Waals surface area contributed by atoms with Gasteiger partial charge in [-0.05, 0) is 24.0 Å². The van der Waals surface area contributed by atoms with E-state index in [1.807, 2.05) is 30.3 Å². The van der Waals surface area contributed by atoms with Gasteiger partial charge in [0.05, 0.1) is 10.5 Å². The Morgan fingerprint density at radius 3 is 2.55 bits per heavy atom. The van der Waals surface area contributed by atoms with Crippen LogP contribution in [0.4, 0.5) is 11.5 Å². The Kier molecular flexibility index (Phi) is 5.55. The molecule has 8 nitrogen and oxygen atoms in total. The highest BCUT2D eigenvalue weighted by Crippen LogP contribution is 2.43. The molecular weight excluding hydrogens is 440 g/mol. The van der Waals surface area contributed by atoms with Crippen LogP contribution in [0, 0.1) is 10.1 Å². The minimum atomic E-state index is -0.449. The van der Waals surface area contributed by atoms with Crippen LogP contribution >= 0.6 is 11.8 Å². The number of ketones is 1. The van der Waals surface area contributed by atoms with Gasteiger partial charge < -0.3 is 10.3 Å². The number of carbonyl (C=O) groups excluding carboxylic acids is 1. The molecule has 0 spiro atoms. The van der Waals surface area contributed by atoms with Gasteiger partial charge in [-0.3, -0.25) is 19.7 Å². The Morgan fingerprint density at radius 2 is 1.82 bits per heavy atom. The van der Waals surface area contributed by atoms with Crippen LogP contribution in [0.2, 0.25) is 0 Å². The fourth-order valence-electron chi connectivity index (χ4n) is 4.35. The highest BCUT2D eigenvalue weighted by molar-refractivity contribution is 7.98. The van der Waals surface area contributed by atoms with Crippen molar-refractivity contribution in [2.45, 2.75) is 36.1 Å². The highest BCUT2D eigenvalue weighted by Gasteiger charge is 2.37. The second-order valence-corrected chi connectivity index (χ2v) is 8.95. The third-order valence-electron chi connectivity index (χ3n) is 5.89. The molecule has 1 aliphatic heterocycles. The molecule has 0 amide bonds. The van der Waals surface area contributed by atoms with Crippen molar-refractivity contribution >= 4 is 29.1 Å². The summed E-state index contributed by atoms with van der Waals surface area (Å²) in [5.74, 6) is 0.593. The number of nitro groups is 1. The Balaban J connectivity index is 1.49. The first-order chi connectivity index (χ1) is 16.0. The van der Waals surface area contributed by atoms with Gasteiger partial charge in [-0.2, -0.15) is 0 Å². The molecule has 3 aromatic rings. The minimum absolute atomic E-state index is 0.0336. The Hall–Kier alpha value is -3.72. The summed E-state index contributed by atoms with van der Waals surface area (Å²) in [4.78, 5) is 44.0. The van der Waals surface area contributed by atoms with Crippen molar-refractivity contribution in [3.63, 3.8) is 0 Å². The minimum Gasteiger partial charge on any atom is -0.343 e. The topological polar surface area (TPSA) is 118 Å². The largest absolute Gasteiger partial charge is 0.343 e. The lowest BCUT2D eigenvalue weighted by Crippen LogP contribution is -2.32. The molecule has 166 valence electrons. The number of fused-ring (bicyclic) bond motifs is 1. The van der Waals surface area contributed by atoms with Gasteiger partial charge >= 0.3 is 0 Å². The van der Waals surface area contributed by atoms with Gasteiger partial charge in [-0.1, -0.05) is 54.2 Å². The maximum Gasteiger partial charge on any atom is 0.269 e. The summed E-state index contributed by atoms with van der Waals surface area (Å²) < 4.78 is 0. The molecule has 2 aliphatic rings. The number of non-ortho nitro benzene ring substituents is 1. The number of allylic oxidation sites excluding steroid dienone is 2. The molecule has 1 unspecified atom stereocenters. The molecule has 0 radical (unpaired) electrons. The van der Waals surface area contributed by atoms with Crippen LogP contribution < -0.4 is 10.9 Å². The van der Waals surface area contributed by atoms with Crippen molar-refractivity contribution < 1.29 is 9.72 Å². The highest BCUT2D eigenvalue weighted by atomic mass is 32.2. The predicted octanol–water partition coefficient (Wildman–Crippen LogP) is 4.53. The van der Waals surface area contributed by atoms with Crippen molar-refractivity contribution in [3.05, 3.63) is 103 Å². The van der Waals surface area contributed by atoms with Crippen LogP contribution in [0.5, 0.6) is 0 Å². The number of Topliss-reactive ketones (excluding diaryl/α,β-unsaturated/α-hetero) is 1. The van der Waals surface area contributed by atoms with E-state index in [1.54, 1.807) is 12.1 Å². The van der Waals surface area contributed by atoms with Gasteiger partial charge in [0, 0.05) is 41.5 Å². The van der Waals surface area contributed by atoms with Crippen molar-refractivity contribution in [3.8, 4) is 0 Å². The van der Waals surface area contributed by atoms with E-state index in [0.29, 0.717) is 34.3 Å². The van der Waals surface area contributed by atoms with Crippen LogP contribution in [-0.4, -0.2) is 20.7 Å². The van der Waals surface area contributed by atoms with Gasteiger partial charge in [0.2, 0.25) is 0 Å². The number of hydrogen-bond acceptors (Lipinski definition) is 7. The molecule has 33 heavy (non-hydrogen) atoms. The summed E-state index contributed by atoms with van der Waals surface area (Å²) in [5.41, 5.74) is 3.49. The normalized spacial score (nSPS) is 17.2. The van der Waals surface area contributed by atoms with Gasteiger partial charge in [-0.15, -0.1) is 0 Å². The molecule has 0 saturated carbocycles. The average Bonchev–Trinajstić information content (AvgIpc) is 2.82. The van der Waals surface area contributed by atoms with Crippen LogP contribution in [0.1, 0.15) is 41.9 Å². The Labute approximate surface area is 193 Å². The van der Waals surface area contributed by atoms with Crippen molar-refractivity contribution in [1.82, 2.24) is 9.97 Å². The molecular formula is C24H20N4O4S. The van der Waals surface area contributed by atoms with Gasteiger partial charge in [0.25, 0.3) is 11.2 Å². The number of rotatable bonds is 5. The lowest BCUT2D eigenvalue weighted by molar-refractivity contribution is -0.384. The molecule has 1 atom stereocenters. The fraction of sp³-hybridized carbons (Fsp3) is 0.208. The molecule has 0 fully saturated rings. The summed E-state index contributed by atoms with van der Waals surface area (Å²) in [7, 11) is 0. The van der Waals surface area contributed by atoms with Gasteiger partial charge in [0.15, 0.2) is 10.9 Å². The predicted molar refractivity (Wildman–Crippen MR) is 125 cm³/mol. The molecule has 2 N–H and O–H groups in total. The molecule has 1 aromatic heterocycles. The second-order valence-electron chi connectivity index (χ2n) is 7.98. The summed E-state index contributed by atoms with van der Waals surface area (Å²) in [6.45, 7) is 0. The van der Waals surface area contributed by atoms with E-state index >= 15 is 0 Å². The number of aromatic amines is 1. The molecule has 9 heteroatoms. The third-order valence-corrected chi connectivity index (χ3v) is 6.84. The maximum absolute atomic E-state index is 13.2. The van der Waals surface area contributed by atoms with E-state index in [1.165, 1.54) is 23.9 Å². The molecule has 1 aliphatic carbocycles. The van der Waals surface area contributed by atoms with Gasteiger partial charge in [0.1, 0.15) is 5.82 Å². The van der Waals surface area contributed by atoms with Crippen molar-refractivity contribution in [1.29, 1.82) is 0 Å². The molecule has 5 rings (SSSR count). The zero-order valence-corrected chi connectivity index (χ0v) is 18.4. The summed E-state index contributed by atoms with van der Waals surface area (Å²) in [5, 5.41) is 14.5. The number of carbonyl (C=O) groups is 1. The third kappa shape index (κ3) is 4.07. The molecule has 0 bridgehead atoms. The van der Waals surface area contributed by atoms with Crippen LogP contribution in [0.15, 0.2) is 75.8 Å². The first-order valence-electron chi connectivity index (χ1n) is 10.6. The lowest BCUT2D eigenvalue weighted by atomic mass is 9.76. The van der Waals surface area contributed by atoms with E-state index in [9.17, 15) is 19.7 Å². The quantitative estimate of drug-likeness (QED) is 0.248. The maximum atomic E-state index is 13.2. The van der Waals surface area contributed by atoms with Crippen molar-refractivity contribution in [2.75, 3.05) is 5.32 Å². The lowest BCUT2D eigenvalue weighted by Gasteiger charge is -2.32. The molecule has 0 saturated heterocycles. The summed E-state index contributed by atoms with van der Waals surface area (Å²) in [6.07, 6.45) is 1.99. The number of benzene rings is 2. The number of anilines is 1. The van der Waals surface area contributed by atoms with E-state index in [0.717, 1.165) is 29.7 Å². The first kappa shape index (κ1) is 21.1. The standard InChI is InChI=1S/C24H20N4O4S/c29-18-8-4-7-17-20(18)19(15-5-2-1-3-6-15)21-22(25-17)26-24(27-23(21)30)33-13-14-9-11-16(12-10-14)28(31)32/h1-3,5-6,9-12,19H,4,7-8,13H2,(H2,25,26,27,30). The van der Waals surface area contributed by atoms with E-state index in [2.05, 4.69) is 15.3 Å². The van der Waals surface area contributed by atoms with Crippen LogP contribution in [-0.2, 0) is 10.5 Å². The second kappa shape index (κ2) is 8.67. The fourth-order valence-corrected chi connectivity index (χ4v) is 5.17. The monoisotopic (exact) mass is 460 g/mol. The van der Waals surface area contributed by atoms with Crippen LogP contribution in [0.3, 0.4) is 0 Å². The summed E-state index contributed by atoms with van der Waals surface area (Å²) in [6, 6.07) is 15.9. The number of H-pyrrole nitrogens is 1. The smallest absolute Gasteiger partial charge is 0.269 e. The number of aromatic nitrogens is 2. The molecule has 2 heterocycles. The van der Waals surface area contributed by atoms with E-state index in [-0.39, 0.29) is 17.0 Å². The number of nitrogens with one attached hydrogen (secondary N) is 2. The zero-order chi connectivity index (χ0) is 22.9. The van der Waals surface area contributed by atoms with E-state index in [4.69, 9.17) is 0 Å². The number of nitrogens with zero attached hydrogens (tertiary/aromatic N) is 2. The first-order valence-corrected chi connectivity index (χ1v) is 11.6. The zero-order valence-electron chi connectivity index (χ0n) is 17.5. The Morgan fingerprint density at radius 1 is 1.06 bits per heavy atom. The van der Waals surface area contributed by atoms with Crippen LogP contribution in [0.25, 0.3) is 0 Å².